The fourth-order valence-corrected chi connectivity index (χ4v) is 6.45. The second kappa shape index (κ2) is 12.4. The van der Waals surface area contributed by atoms with E-state index in [2.05, 4.69) is 32.3 Å². The zero-order chi connectivity index (χ0) is 28.3. The molecule has 0 radical (unpaired) electrons. The number of morpholine rings is 1. The Morgan fingerprint density at radius 2 is 1.90 bits per heavy atom. The first-order chi connectivity index (χ1) is 19.3. The molecule has 40 heavy (non-hydrogen) atoms. The molecule has 1 N–H and O–H groups in total. The van der Waals surface area contributed by atoms with Crippen LogP contribution in [0.2, 0.25) is 5.02 Å². The topological polar surface area (TPSA) is 100 Å². The highest BCUT2D eigenvalue weighted by Crippen LogP contribution is 2.33. The molecule has 1 atom stereocenters. The van der Waals surface area contributed by atoms with E-state index in [1.54, 1.807) is 30.4 Å². The number of rotatable bonds is 8. The van der Waals surface area contributed by atoms with E-state index in [9.17, 15) is 8.42 Å². The number of sulfonamides is 1. The summed E-state index contributed by atoms with van der Waals surface area (Å²) in [5.41, 5.74) is 3.80. The van der Waals surface area contributed by atoms with Crippen LogP contribution in [-0.4, -0.2) is 81.1 Å². The number of ether oxygens (including phenoxy) is 1. The predicted octanol–water partition coefficient (Wildman–Crippen LogP) is 4.40. The predicted molar refractivity (Wildman–Crippen MR) is 156 cm³/mol. The van der Waals surface area contributed by atoms with E-state index in [4.69, 9.17) is 21.2 Å². The summed E-state index contributed by atoms with van der Waals surface area (Å²) >= 11 is 6.44. The molecule has 2 aromatic carbocycles. The Labute approximate surface area is 240 Å². The molecule has 1 aromatic heterocycles. The standard InChI is InChI=1S/C28H35ClN6O4S/c1-33(2)40(36,37)26-10-5-4-9-25(26)31-27-24(29)19-30-28(32-27)35(38-3)23-12-11-21-17-22(8-6-7-20(21)18-23)34-13-15-39-16-14-34/h4-5,9-12,18-19,22H,6-8,13-17H2,1-3H3,(H,30,31,32). The van der Waals surface area contributed by atoms with Crippen molar-refractivity contribution in [3.63, 3.8) is 0 Å². The first-order valence-electron chi connectivity index (χ1n) is 13.4. The van der Waals surface area contributed by atoms with Crippen molar-refractivity contribution in [3.8, 4) is 0 Å². The van der Waals surface area contributed by atoms with Crippen LogP contribution in [0.5, 0.6) is 0 Å². The highest BCUT2D eigenvalue weighted by molar-refractivity contribution is 7.89. The van der Waals surface area contributed by atoms with Crippen molar-refractivity contribution in [2.75, 3.05) is 57.9 Å². The number of halogens is 1. The van der Waals surface area contributed by atoms with Crippen molar-refractivity contribution in [1.29, 1.82) is 0 Å². The number of hydrogen-bond donors (Lipinski definition) is 1. The number of nitrogens with one attached hydrogen (secondary N) is 1. The minimum Gasteiger partial charge on any atom is -0.379 e. The summed E-state index contributed by atoms with van der Waals surface area (Å²) in [6.07, 6.45) is 5.76. The molecule has 2 aliphatic rings. The van der Waals surface area contributed by atoms with Gasteiger partial charge in [0.25, 0.3) is 5.95 Å². The highest BCUT2D eigenvalue weighted by Gasteiger charge is 2.26. The van der Waals surface area contributed by atoms with Gasteiger partial charge in [0.1, 0.15) is 9.92 Å². The van der Waals surface area contributed by atoms with Crippen LogP contribution in [0.4, 0.5) is 23.1 Å². The number of benzene rings is 2. The third kappa shape index (κ3) is 6.09. The Balaban J connectivity index is 1.41. The Kier molecular flexibility index (Phi) is 8.89. The molecule has 1 saturated heterocycles. The molecule has 5 rings (SSSR count). The Morgan fingerprint density at radius 1 is 1.12 bits per heavy atom. The van der Waals surface area contributed by atoms with Crippen molar-refractivity contribution in [1.82, 2.24) is 19.2 Å². The van der Waals surface area contributed by atoms with Crippen LogP contribution in [0.3, 0.4) is 0 Å². The van der Waals surface area contributed by atoms with Gasteiger partial charge in [0.15, 0.2) is 5.82 Å². The van der Waals surface area contributed by atoms with Crippen LogP contribution in [-0.2, 0) is 32.4 Å². The molecule has 214 valence electrons. The first-order valence-corrected chi connectivity index (χ1v) is 15.2. The molecule has 1 fully saturated rings. The monoisotopic (exact) mass is 586 g/mol. The van der Waals surface area contributed by atoms with Crippen molar-refractivity contribution >= 4 is 44.8 Å². The van der Waals surface area contributed by atoms with Gasteiger partial charge in [-0.25, -0.2) is 17.7 Å². The van der Waals surface area contributed by atoms with Crippen LogP contribution < -0.4 is 10.4 Å². The molecule has 1 unspecified atom stereocenters. The molecule has 2 heterocycles. The molecule has 1 aliphatic heterocycles. The van der Waals surface area contributed by atoms with Gasteiger partial charge in [0, 0.05) is 33.2 Å². The normalized spacial score (nSPS) is 18.3. The van der Waals surface area contributed by atoms with E-state index in [1.807, 2.05) is 6.07 Å². The first kappa shape index (κ1) is 28.7. The van der Waals surface area contributed by atoms with E-state index in [0.29, 0.717) is 11.7 Å². The average molecular weight is 587 g/mol. The van der Waals surface area contributed by atoms with Crippen LogP contribution in [0, 0.1) is 0 Å². The molecule has 0 saturated carbocycles. The molecule has 10 nitrogen and oxygen atoms in total. The maximum atomic E-state index is 12.9. The van der Waals surface area contributed by atoms with Gasteiger partial charge in [-0.1, -0.05) is 29.8 Å². The Morgan fingerprint density at radius 3 is 2.65 bits per heavy atom. The molecule has 0 bridgehead atoms. The van der Waals surface area contributed by atoms with E-state index in [1.165, 1.54) is 43.9 Å². The van der Waals surface area contributed by atoms with E-state index < -0.39 is 10.0 Å². The summed E-state index contributed by atoms with van der Waals surface area (Å²) in [5.74, 6) is 0.528. The van der Waals surface area contributed by atoms with Crippen LogP contribution in [0.1, 0.15) is 24.0 Å². The summed E-state index contributed by atoms with van der Waals surface area (Å²) in [6.45, 7) is 3.59. The third-order valence-electron chi connectivity index (χ3n) is 7.42. The number of anilines is 4. The molecule has 0 spiro atoms. The number of fused-ring (bicyclic) bond motifs is 1. The average Bonchev–Trinajstić information content (AvgIpc) is 3.18. The van der Waals surface area contributed by atoms with Gasteiger partial charge in [0.05, 0.1) is 37.9 Å². The Bertz CT molecular complexity index is 1450. The number of aryl methyl sites for hydroxylation is 1. The molecule has 3 aromatic rings. The van der Waals surface area contributed by atoms with E-state index in [0.717, 1.165) is 55.6 Å². The quantitative estimate of drug-likeness (QED) is 0.304. The van der Waals surface area contributed by atoms with E-state index in [-0.39, 0.29) is 21.7 Å². The number of aromatic nitrogens is 2. The van der Waals surface area contributed by atoms with Crippen molar-refractivity contribution in [2.24, 2.45) is 0 Å². The summed E-state index contributed by atoms with van der Waals surface area (Å²) in [7, 11) is 0.838. The molecular formula is C28H35ClN6O4S. The maximum absolute atomic E-state index is 12.9. The van der Waals surface area contributed by atoms with Crippen molar-refractivity contribution in [2.45, 2.75) is 36.6 Å². The second-order valence-corrected chi connectivity index (χ2v) is 12.6. The number of para-hydroxylation sites is 1. The summed E-state index contributed by atoms with van der Waals surface area (Å²) in [6, 6.07) is 13.5. The molecule has 0 amide bonds. The van der Waals surface area contributed by atoms with Gasteiger partial charge in [0.2, 0.25) is 10.0 Å². The van der Waals surface area contributed by atoms with Crippen molar-refractivity contribution in [3.05, 3.63) is 64.8 Å². The highest BCUT2D eigenvalue weighted by atomic mass is 35.5. The second-order valence-electron chi connectivity index (χ2n) is 10.1. The lowest BCUT2D eigenvalue weighted by molar-refractivity contribution is 0.0149. The van der Waals surface area contributed by atoms with Gasteiger partial charge in [-0.2, -0.15) is 10.0 Å². The van der Waals surface area contributed by atoms with E-state index >= 15 is 0 Å². The van der Waals surface area contributed by atoms with Crippen molar-refractivity contribution < 1.29 is 18.0 Å². The lowest BCUT2D eigenvalue weighted by atomic mass is 10.00. The number of nitrogens with zero attached hydrogens (tertiary/aromatic N) is 5. The number of hydrogen-bond acceptors (Lipinski definition) is 9. The minimum atomic E-state index is -3.70. The van der Waals surface area contributed by atoms with Gasteiger partial charge in [-0.3, -0.25) is 9.74 Å². The van der Waals surface area contributed by atoms with Crippen LogP contribution in [0.15, 0.2) is 53.6 Å². The molecule has 1 aliphatic carbocycles. The lowest BCUT2D eigenvalue weighted by Gasteiger charge is -2.34. The van der Waals surface area contributed by atoms with Gasteiger partial charge >= 0.3 is 0 Å². The van der Waals surface area contributed by atoms with Gasteiger partial charge in [-0.05, 0) is 61.1 Å². The van der Waals surface area contributed by atoms with Crippen LogP contribution in [0.25, 0.3) is 0 Å². The smallest absolute Gasteiger partial charge is 0.256 e. The zero-order valence-electron chi connectivity index (χ0n) is 23.0. The molecular weight excluding hydrogens is 552 g/mol. The third-order valence-corrected chi connectivity index (χ3v) is 9.57. The summed E-state index contributed by atoms with van der Waals surface area (Å²) in [4.78, 5) is 17.4. The van der Waals surface area contributed by atoms with Crippen LogP contribution >= 0.6 is 11.6 Å². The zero-order valence-corrected chi connectivity index (χ0v) is 24.6. The fourth-order valence-electron chi connectivity index (χ4n) is 5.27. The maximum Gasteiger partial charge on any atom is 0.256 e. The summed E-state index contributed by atoms with van der Waals surface area (Å²) < 4.78 is 32.5. The van der Waals surface area contributed by atoms with Gasteiger partial charge in [-0.15, -0.1) is 0 Å². The lowest BCUT2D eigenvalue weighted by Crippen LogP contribution is -2.44. The largest absolute Gasteiger partial charge is 0.379 e. The molecule has 12 heteroatoms. The minimum absolute atomic E-state index is 0.112. The SMILES string of the molecule is CON(c1ccc2c(c1)CCCC(N1CCOCC1)C2)c1ncc(Cl)c(Nc2ccccc2S(=O)(=O)N(C)C)n1. The fraction of sp³-hybridized carbons (Fsp3) is 0.429. The summed E-state index contributed by atoms with van der Waals surface area (Å²) in [5, 5.41) is 4.88. The Hall–Kier alpha value is -2.80. The van der Waals surface area contributed by atoms with Gasteiger partial charge < -0.3 is 10.1 Å².